The van der Waals surface area contributed by atoms with Crippen molar-refractivity contribution in [3.63, 3.8) is 0 Å². The lowest BCUT2D eigenvalue weighted by Crippen LogP contribution is -2.46. The molecule has 2 fully saturated rings. The number of benzene rings is 1. The van der Waals surface area contributed by atoms with Crippen LogP contribution >= 0.6 is 0 Å². The summed E-state index contributed by atoms with van der Waals surface area (Å²) < 4.78 is 49.0. The smallest absolute Gasteiger partial charge is 0.382 e. The van der Waals surface area contributed by atoms with Gasteiger partial charge in [0, 0.05) is 63.7 Å². The van der Waals surface area contributed by atoms with Gasteiger partial charge in [0.05, 0.1) is 16.6 Å². The van der Waals surface area contributed by atoms with Crippen molar-refractivity contribution in [2.24, 2.45) is 5.92 Å². The predicted octanol–water partition coefficient (Wildman–Crippen LogP) is 4.72. The standard InChI is InChI=1S/C30H38F3N5O3/c1-2-41-19-3-14-37-27-20-24(30(31,32)33)4-5-26(27)38(29(37)40)25-10-17-36(18-11-25)28(39)23-8-15-35(16-9-23)21-22-6-12-34-13-7-22/h4-7,12-13,20,23,25H,2-3,8-11,14-19,21H2,1H3. The van der Waals surface area contributed by atoms with Gasteiger partial charge in [0.2, 0.25) is 5.91 Å². The molecule has 0 spiro atoms. The van der Waals surface area contributed by atoms with Crippen molar-refractivity contribution < 1.29 is 22.7 Å². The van der Waals surface area contributed by atoms with Gasteiger partial charge >= 0.3 is 11.9 Å². The van der Waals surface area contributed by atoms with E-state index in [0.29, 0.717) is 56.6 Å². The summed E-state index contributed by atoms with van der Waals surface area (Å²) in [5, 5.41) is 0. The third kappa shape index (κ3) is 6.67. The maximum Gasteiger partial charge on any atom is 0.416 e. The Labute approximate surface area is 237 Å². The van der Waals surface area contributed by atoms with Gasteiger partial charge in [-0.05, 0) is 88.0 Å². The largest absolute Gasteiger partial charge is 0.416 e. The molecule has 0 aliphatic carbocycles. The molecular weight excluding hydrogens is 535 g/mol. The Kier molecular flexibility index (Phi) is 9.13. The Bertz CT molecular complexity index is 1370. The molecule has 0 saturated carbocycles. The number of piperidine rings is 2. The number of rotatable bonds is 9. The SMILES string of the molecule is CCOCCCn1c(=O)n(C2CCN(C(=O)C3CCN(Cc4ccncc4)CC3)CC2)c2ccc(C(F)(F)F)cc21. The molecule has 0 bridgehead atoms. The maximum absolute atomic E-state index is 13.6. The van der Waals surface area contributed by atoms with Crippen LogP contribution in [0.5, 0.6) is 0 Å². The second-order valence-electron chi connectivity index (χ2n) is 11.0. The fourth-order valence-corrected chi connectivity index (χ4v) is 6.18. The lowest BCUT2D eigenvalue weighted by Gasteiger charge is -2.37. The second-order valence-corrected chi connectivity index (χ2v) is 11.0. The Morgan fingerprint density at radius 1 is 1.00 bits per heavy atom. The van der Waals surface area contributed by atoms with Crippen LogP contribution in [-0.4, -0.2) is 69.2 Å². The number of aryl methyl sites for hydroxylation is 1. The topological polar surface area (TPSA) is 72.6 Å². The van der Waals surface area contributed by atoms with Crippen LogP contribution in [0.25, 0.3) is 11.0 Å². The average Bonchev–Trinajstić information content (AvgIpc) is 3.25. The number of ether oxygens (including phenoxy) is 1. The summed E-state index contributed by atoms with van der Waals surface area (Å²) in [4.78, 5) is 35.3. The van der Waals surface area contributed by atoms with Crippen molar-refractivity contribution in [3.05, 3.63) is 64.3 Å². The van der Waals surface area contributed by atoms with Gasteiger partial charge in [0.15, 0.2) is 0 Å². The van der Waals surface area contributed by atoms with Gasteiger partial charge in [-0.3, -0.25) is 23.8 Å². The molecule has 2 saturated heterocycles. The number of hydrogen-bond acceptors (Lipinski definition) is 5. The number of alkyl halides is 3. The molecule has 0 atom stereocenters. The first kappa shape index (κ1) is 29.3. The zero-order valence-electron chi connectivity index (χ0n) is 23.5. The predicted molar refractivity (Wildman–Crippen MR) is 149 cm³/mol. The van der Waals surface area contributed by atoms with Crippen LogP contribution in [0, 0.1) is 5.92 Å². The quantitative estimate of drug-likeness (QED) is 0.347. The first-order valence-electron chi connectivity index (χ1n) is 14.6. The lowest BCUT2D eigenvalue weighted by atomic mass is 9.93. The Morgan fingerprint density at radius 2 is 1.71 bits per heavy atom. The number of pyridine rings is 1. The summed E-state index contributed by atoms with van der Waals surface area (Å²) in [6, 6.07) is 7.38. The summed E-state index contributed by atoms with van der Waals surface area (Å²) in [6.07, 6.45) is 2.44. The van der Waals surface area contributed by atoms with Gasteiger partial charge in [0.25, 0.3) is 0 Å². The molecule has 0 radical (unpaired) electrons. The third-order valence-corrected chi connectivity index (χ3v) is 8.40. The van der Waals surface area contributed by atoms with E-state index in [1.807, 2.05) is 24.0 Å². The zero-order chi connectivity index (χ0) is 29.0. The van der Waals surface area contributed by atoms with Gasteiger partial charge in [-0.2, -0.15) is 13.2 Å². The molecule has 3 aromatic rings. The lowest BCUT2D eigenvalue weighted by molar-refractivity contribution is -0.138. The molecule has 1 aromatic carbocycles. The van der Waals surface area contributed by atoms with Gasteiger partial charge in [-0.25, -0.2) is 4.79 Å². The highest BCUT2D eigenvalue weighted by atomic mass is 19.4. The number of amides is 1. The number of carbonyl (C=O) groups excluding carboxylic acids is 1. The average molecular weight is 574 g/mol. The number of carbonyl (C=O) groups is 1. The summed E-state index contributed by atoms with van der Waals surface area (Å²) in [5.74, 6) is 0.170. The van der Waals surface area contributed by atoms with Crippen LogP contribution in [0.2, 0.25) is 0 Å². The van der Waals surface area contributed by atoms with E-state index in [-0.39, 0.29) is 30.1 Å². The molecule has 8 nitrogen and oxygen atoms in total. The van der Waals surface area contributed by atoms with E-state index in [1.165, 1.54) is 16.2 Å². The highest BCUT2D eigenvalue weighted by molar-refractivity contribution is 5.79. The molecule has 2 aliphatic rings. The summed E-state index contributed by atoms with van der Waals surface area (Å²) >= 11 is 0. The van der Waals surface area contributed by atoms with Crippen LogP contribution in [0.3, 0.4) is 0 Å². The molecule has 4 heterocycles. The molecule has 11 heteroatoms. The second kappa shape index (κ2) is 12.8. The Hall–Kier alpha value is -3.18. The zero-order valence-corrected chi connectivity index (χ0v) is 23.5. The molecular formula is C30H38F3N5O3. The number of likely N-dealkylation sites (tertiary alicyclic amines) is 2. The van der Waals surface area contributed by atoms with E-state index in [2.05, 4.69) is 9.88 Å². The fraction of sp³-hybridized carbons (Fsp3) is 0.567. The normalized spacial score (nSPS) is 17.9. The monoisotopic (exact) mass is 573 g/mol. The third-order valence-electron chi connectivity index (χ3n) is 8.40. The van der Waals surface area contributed by atoms with Crippen LogP contribution in [0.15, 0.2) is 47.5 Å². The number of halogens is 3. The number of hydrogen-bond donors (Lipinski definition) is 0. The van der Waals surface area contributed by atoms with Crippen LogP contribution in [0.4, 0.5) is 13.2 Å². The minimum absolute atomic E-state index is 0.00370. The molecule has 0 N–H and O–H groups in total. The van der Waals surface area contributed by atoms with E-state index in [4.69, 9.17) is 4.74 Å². The highest BCUT2D eigenvalue weighted by Crippen LogP contribution is 2.33. The molecule has 222 valence electrons. The van der Waals surface area contributed by atoms with E-state index < -0.39 is 11.7 Å². The van der Waals surface area contributed by atoms with Crippen molar-refractivity contribution >= 4 is 16.9 Å². The van der Waals surface area contributed by atoms with Crippen molar-refractivity contribution in [1.82, 2.24) is 23.9 Å². The molecule has 0 unspecified atom stereocenters. The van der Waals surface area contributed by atoms with Crippen LogP contribution < -0.4 is 5.69 Å². The summed E-state index contributed by atoms with van der Waals surface area (Å²) in [7, 11) is 0. The highest BCUT2D eigenvalue weighted by Gasteiger charge is 2.34. The van der Waals surface area contributed by atoms with E-state index in [9.17, 15) is 22.8 Å². The minimum Gasteiger partial charge on any atom is -0.382 e. The van der Waals surface area contributed by atoms with Crippen LogP contribution in [0.1, 0.15) is 56.2 Å². The fourth-order valence-electron chi connectivity index (χ4n) is 6.18. The summed E-state index contributed by atoms with van der Waals surface area (Å²) in [6.45, 7) is 6.77. The number of imidazole rings is 1. The van der Waals surface area contributed by atoms with Gasteiger partial charge in [-0.1, -0.05) is 0 Å². The number of aromatic nitrogens is 3. The summed E-state index contributed by atoms with van der Waals surface area (Å²) in [5.41, 5.74) is 0.937. The Balaban J connectivity index is 1.24. The first-order valence-corrected chi connectivity index (χ1v) is 14.6. The van der Waals surface area contributed by atoms with E-state index in [0.717, 1.165) is 44.6 Å². The molecule has 41 heavy (non-hydrogen) atoms. The minimum atomic E-state index is -4.50. The van der Waals surface area contributed by atoms with Crippen molar-refractivity contribution in [2.45, 2.75) is 64.3 Å². The Morgan fingerprint density at radius 3 is 2.37 bits per heavy atom. The number of nitrogens with zero attached hydrogens (tertiary/aromatic N) is 5. The van der Waals surface area contributed by atoms with E-state index >= 15 is 0 Å². The molecule has 2 aliphatic heterocycles. The van der Waals surface area contributed by atoms with Gasteiger partial charge in [-0.15, -0.1) is 0 Å². The first-order chi connectivity index (χ1) is 19.8. The van der Waals surface area contributed by atoms with Crippen molar-refractivity contribution in [2.75, 3.05) is 39.4 Å². The maximum atomic E-state index is 13.6. The van der Waals surface area contributed by atoms with Crippen molar-refractivity contribution in [3.8, 4) is 0 Å². The molecule has 1 amide bonds. The van der Waals surface area contributed by atoms with Gasteiger partial charge < -0.3 is 9.64 Å². The molecule has 5 rings (SSSR count). The van der Waals surface area contributed by atoms with Crippen molar-refractivity contribution in [1.29, 1.82) is 0 Å². The number of fused-ring (bicyclic) bond motifs is 1. The van der Waals surface area contributed by atoms with E-state index in [1.54, 1.807) is 17.0 Å². The van der Waals surface area contributed by atoms with Crippen LogP contribution in [-0.2, 0) is 28.8 Å². The molecule has 2 aromatic heterocycles. The van der Waals surface area contributed by atoms with Gasteiger partial charge in [0.1, 0.15) is 0 Å².